The van der Waals surface area contributed by atoms with Crippen LogP contribution in [0.2, 0.25) is 5.02 Å². The molecule has 8 nitrogen and oxygen atoms in total. The van der Waals surface area contributed by atoms with Gasteiger partial charge in [-0.2, -0.15) is 4.98 Å². The van der Waals surface area contributed by atoms with Gasteiger partial charge in [0.15, 0.2) is 11.6 Å². The van der Waals surface area contributed by atoms with Gasteiger partial charge in [-0.05, 0) is 55.9 Å². The third-order valence-electron chi connectivity index (χ3n) is 5.87. The molecular weight excluding hydrogens is 473 g/mol. The van der Waals surface area contributed by atoms with E-state index < -0.39 is 7.14 Å². The normalized spacial score (nSPS) is 18.8. The van der Waals surface area contributed by atoms with E-state index in [9.17, 15) is 9.36 Å². The molecule has 0 amide bonds. The molecule has 34 heavy (non-hydrogen) atoms. The maximum Gasteiger partial charge on any atom is 0.293 e. The van der Waals surface area contributed by atoms with Crippen molar-refractivity contribution >= 4 is 47.1 Å². The Hall–Kier alpha value is -2.57. The molecule has 2 aromatic heterocycles. The van der Waals surface area contributed by atoms with Crippen LogP contribution in [0.15, 0.2) is 35.3 Å². The summed E-state index contributed by atoms with van der Waals surface area (Å²) >= 11 is 6.42. The highest BCUT2D eigenvalue weighted by Gasteiger charge is 2.24. The topological polar surface area (TPSA) is 89.4 Å². The van der Waals surface area contributed by atoms with Crippen LogP contribution in [0.5, 0.6) is 5.75 Å². The van der Waals surface area contributed by atoms with E-state index in [4.69, 9.17) is 21.3 Å². The Morgan fingerprint density at radius 2 is 1.91 bits per heavy atom. The number of benzene rings is 1. The number of piperidine rings is 1. The molecule has 0 spiro atoms. The summed E-state index contributed by atoms with van der Waals surface area (Å²) in [5.41, 5.74) is 1.25. The van der Waals surface area contributed by atoms with Gasteiger partial charge in [0.05, 0.1) is 11.7 Å². The van der Waals surface area contributed by atoms with Crippen molar-refractivity contribution in [1.82, 2.24) is 14.5 Å². The van der Waals surface area contributed by atoms with Crippen LogP contribution in [0.3, 0.4) is 0 Å². The number of ether oxygens (including phenoxy) is 1. The van der Waals surface area contributed by atoms with Gasteiger partial charge in [-0.25, -0.2) is 4.98 Å². The van der Waals surface area contributed by atoms with Crippen LogP contribution in [0.1, 0.15) is 20.3 Å². The molecule has 1 saturated heterocycles. The fourth-order valence-electron chi connectivity index (χ4n) is 4.42. The Kier molecular flexibility index (Phi) is 6.92. The number of nitrogens with zero attached hydrogens (tertiary/aromatic N) is 4. The van der Waals surface area contributed by atoms with Gasteiger partial charge in [0.25, 0.3) is 5.56 Å². The summed E-state index contributed by atoms with van der Waals surface area (Å²) in [5, 5.41) is 4.52. The van der Waals surface area contributed by atoms with Crippen molar-refractivity contribution in [3.05, 3.63) is 45.8 Å². The lowest BCUT2D eigenvalue weighted by molar-refractivity contribution is 0.353. The lowest BCUT2D eigenvalue weighted by Gasteiger charge is -2.35. The summed E-state index contributed by atoms with van der Waals surface area (Å²) in [6.07, 6.45) is 2.84. The quantitative estimate of drug-likeness (QED) is 0.464. The number of nitrogens with one attached hydrogen (secondary N) is 1. The molecule has 10 heteroatoms. The lowest BCUT2D eigenvalue weighted by Crippen LogP contribution is -2.39. The number of pyridine rings is 1. The molecule has 1 N–H and O–H groups in total. The minimum atomic E-state index is -2.43. The zero-order valence-electron chi connectivity index (χ0n) is 20.2. The number of halogens is 1. The number of anilines is 3. The Labute approximate surface area is 204 Å². The molecule has 0 saturated carbocycles. The van der Waals surface area contributed by atoms with Gasteiger partial charge in [0.2, 0.25) is 5.95 Å². The number of aryl methyl sites for hydroxylation is 1. The first-order valence-electron chi connectivity index (χ1n) is 11.4. The fraction of sp³-hybridized carbons (Fsp3) is 0.458. The van der Waals surface area contributed by atoms with Gasteiger partial charge in [0.1, 0.15) is 18.5 Å². The summed E-state index contributed by atoms with van der Waals surface area (Å²) in [4.78, 5) is 24.0. The SMILES string of the molecule is C[C@@H]1C[C@H](C)CN(c2ncc(Cl)c(Nc3ccc4c(c3)cc(OCP(C)(C)=O)c(=O)n4C)n2)C1. The van der Waals surface area contributed by atoms with Crippen LogP contribution in [-0.4, -0.2) is 47.3 Å². The lowest BCUT2D eigenvalue weighted by atomic mass is 9.92. The van der Waals surface area contributed by atoms with Crippen molar-refractivity contribution < 1.29 is 9.30 Å². The van der Waals surface area contributed by atoms with Crippen LogP contribution >= 0.6 is 18.7 Å². The van der Waals surface area contributed by atoms with Crippen LogP contribution < -0.4 is 20.5 Å². The largest absolute Gasteiger partial charge is 0.480 e. The second-order valence-electron chi connectivity index (χ2n) is 9.84. The minimum absolute atomic E-state index is 0.0126. The predicted octanol–water partition coefficient (Wildman–Crippen LogP) is 5.17. The second kappa shape index (κ2) is 9.59. The van der Waals surface area contributed by atoms with Crippen molar-refractivity contribution in [2.45, 2.75) is 20.3 Å². The molecule has 3 heterocycles. The van der Waals surface area contributed by atoms with Gasteiger partial charge < -0.3 is 24.1 Å². The standard InChI is InChI=1S/C24H31ClN5O3P/c1-15-8-16(2)13-30(12-15)24-26-11-19(25)22(28-24)27-18-6-7-20-17(9-18)10-21(23(31)29(20)3)33-14-34(4,5)32/h6-7,9-11,15-16H,8,12-14H2,1-5H3,(H,26,27,28)/t15-,16+. The fourth-order valence-corrected chi connectivity index (χ4v) is 5.01. The zero-order chi connectivity index (χ0) is 24.6. The van der Waals surface area contributed by atoms with E-state index in [0.29, 0.717) is 28.6 Å². The molecule has 0 aliphatic carbocycles. The van der Waals surface area contributed by atoms with E-state index in [1.165, 1.54) is 11.0 Å². The van der Waals surface area contributed by atoms with E-state index in [-0.39, 0.29) is 17.7 Å². The Morgan fingerprint density at radius 3 is 2.59 bits per heavy atom. The van der Waals surface area contributed by atoms with Crippen molar-refractivity contribution in [2.75, 3.05) is 43.0 Å². The van der Waals surface area contributed by atoms with Crippen LogP contribution in [0.25, 0.3) is 10.9 Å². The van der Waals surface area contributed by atoms with Gasteiger partial charge in [0, 0.05) is 31.2 Å². The monoisotopic (exact) mass is 503 g/mol. The molecule has 0 radical (unpaired) electrons. The average molecular weight is 504 g/mol. The van der Waals surface area contributed by atoms with Crippen LogP contribution in [0.4, 0.5) is 17.5 Å². The molecule has 2 atom stereocenters. The van der Waals surface area contributed by atoms with E-state index >= 15 is 0 Å². The molecule has 1 fully saturated rings. The van der Waals surface area contributed by atoms with Crippen molar-refractivity contribution in [1.29, 1.82) is 0 Å². The van der Waals surface area contributed by atoms with Gasteiger partial charge in [-0.1, -0.05) is 25.4 Å². The summed E-state index contributed by atoms with van der Waals surface area (Å²) in [6.45, 7) is 9.59. The highest BCUT2D eigenvalue weighted by Crippen LogP contribution is 2.36. The highest BCUT2D eigenvalue weighted by atomic mass is 35.5. The third kappa shape index (κ3) is 5.56. The molecular formula is C24H31ClN5O3P. The van der Waals surface area contributed by atoms with Gasteiger partial charge in [-0.15, -0.1) is 0 Å². The summed E-state index contributed by atoms with van der Waals surface area (Å²) in [7, 11) is -0.737. The van der Waals surface area contributed by atoms with E-state index in [1.54, 1.807) is 32.6 Å². The van der Waals surface area contributed by atoms with Gasteiger partial charge in [-0.3, -0.25) is 4.79 Å². The second-order valence-corrected chi connectivity index (χ2v) is 13.6. The third-order valence-corrected chi connectivity index (χ3v) is 6.90. The van der Waals surface area contributed by atoms with E-state index in [1.807, 2.05) is 18.2 Å². The first-order chi connectivity index (χ1) is 16.0. The number of hydrogen-bond donors (Lipinski definition) is 1. The Morgan fingerprint density at radius 1 is 1.21 bits per heavy atom. The molecule has 182 valence electrons. The average Bonchev–Trinajstić information content (AvgIpc) is 2.75. The molecule has 1 aromatic carbocycles. The number of rotatable bonds is 6. The summed E-state index contributed by atoms with van der Waals surface area (Å²) < 4.78 is 19.2. The number of fused-ring (bicyclic) bond motifs is 1. The van der Waals surface area contributed by atoms with Crippen LogP contribution in [0, 0.1) is 11.8 Å². The van der Waals surface area contributed by atoms with Crippen molar-refractivity contribution in [2.24, 2.45) is 18.9 Å². The van der Waals surface area contributed by atoms with Crippen molar-refractivity contribution in [3.8, 4) is 5.75 Å². The molecule has 4 rings (SSSR count). The highest BCUT2D eigenvalue weighted by molar-refractivity contribution is 7.62. The summed E-state index contributed by atoms with van der Waals surface area (Å²) in [6, 6.07) is 7.32. The maximum absolute atomic E-state index is 12.6. The molecule has 0 unspecified atom stereocenters. The minimum Gasteiger partial charge on any atom is -0.480 e. The summed E-state index contributed by atoms with van der Waals surface area (Å²) in [5.74, 6) is 2.52. The zero-order valence-corrected chi connectivity index (χ0v) is 21.9. The molecule has 1 aliphatic heterocycles. The first kappa shape index (κ1) is 24.6. The molecule has 0 bridgehead atoms. The maximum atomic E-state index is 12.6. The predicted molar refractivity (Wildman–Crippen MR) is 140 cm³/mol. The van der Waals surface area contributed by atoms with Crippen LogP contribution in [-0.2, 0) is 11.6 Å². The van der Waals surface area contributed by atoms with E-state index in [2.05, 4.69) is 29.0 Å². The number of aromatic nitrogens is 3. The molecule has 1 aliphatic rings. The Balaban J connectivity index is 1.63. The number of hydrogen-bond acceptors (Lipinski definition) is 7. The van der Waals surface area contributed by atoms with E-state index in [0.717, 1.165) is 29.7 Å². The Bertz CT molecular complexity index is 1310. The van der Waals surface area contributed by atoms with Crippen molar-refractivity contribution in [3.63, 3.8) is 0 Å². The molecule has 3 aromatic rings. The smallest absolute Gasteiger partial charge is 0.293 e. The van der Waals surface area contributed by atoms with Gasteiger partial charge >= 0.3 is 0 Å². The first-order valence-corrected chi connectivity index (χ1v) is 14.5.